The molecule has 42 heavy (non-hydrogen) atoms. The molecule has 0 spiro atoms. The molecule has 6 rings (SSSR count). The minimum atomic E-state index is -1.54. The van der Waals surface area contributed by atoms with E-state index in [0.717, 1.165) is 6.07 Å². The average Bonchev–Trinajstić information content (AvgIpc) is 2.84. The number of ether oxygens (including phenoxy) is 1. The highest BCUT2D eigenvalue weighted by Crippen LogP contribution is 2.55. The van der Waals surface area contributed by atoms with Gasteiger partial charge in [0.25, 0.3) is 0 Å². The number of hydrogen-bond acceptors (Lipinski definition) is 10. The van der Waals surface area contributed by atoms with Crippen molar-refractivity contribution in [2.24, 2.45) is 0 Å². The summed E-state index contributed by atoms with van der Waals surface area (Å²) in [6.45, 7) is 4.51. The molecule has 218 valence electrons. The number of carbonyl (C=O) groups is 2. The standard InChI is InChI=1S/C32H30O10/c1-12-21(42-4)7-15-23(17-9-32(3,41)11-20(36)26(17)30(39)27(15)28(12)37)22-14-5-13(33)6-18(34)24(14)29(38)25-16(22)8-31(2,40)10-19(25)35/h5-7,33-34,37-41H,8-11H2,1-4H3/t31-,32-/m0/s1. The number of aromatic hydroxyl groups is 5. The van der Waals surface area contributed by atoms with Crippen LogP contribution in [0.15, 0.2) is 18.2 Å². The van der Waals surface area contributed by atoms with E-state index in [4.69, 9.17) is 4.74 Å². The number of phenolic OH excluding ortho intramolecular Hbond substituents is 5. The topological polar surface area (TPSA) is 185 Å². The average molecular weight is 575 g/mol. The molecule has 4 aromatic rings. The molecule has 0 unspecified atom stereocenters. The number of methoxy groups -OCH3 is 1. The molecule has 0 aliphatic heterocycles. The van der Waals surface area contributed by atoms with E-state index in [9.17, 15) is 45.3 Å². The normalized spacial score (nSPS) is 22.0. The number of phenols is 5. The van der Waals surface area contributed by atoms with Crippen LogP contribution in [0.4, 0.5) is 0 Å². The number of hydrogen-bond donors (Lipinski definition) is 7. The van der Waals surface area contributed by atoms with E-state index >= 15 is 0 Å². The lowest BCUT2D eigenvalue weighted by Gasteiger charge is -2.35. The van der Waals surface area contributed by atoms with Crippen molar-refractivity contribution in [3.05, 3.63) is 46.0 Å². The highest BCUT2D eigenvalue weighted by molar-refractivity contribution is 6.21. The molecule has 2 aliphatic rings. The van der Waals surface area contributed by atoms with Crippen LogP contribution in [0.25, 0.3) is 32.7 Å². The summed E-state index contributed by atoms with van der Waals surface area (Å²) >= 11 is 0. The van der Waals surface area contributed by atoms with Gasteiger partial charge in [0.1, 0.15) is 34.5 Å². The van der Waals surface area contributed by atoms with Gasteiger partial charge < -0.3 is 40.5 Å². The van der Waals surface area contributed by atoms with Crippen molar-refractivity contribution in [3.8, 4) is 45.6 Å². The third kappa shape index (κ3) is 3.79. The highest BCUT2D eigenvalue weighted by atomic mass is 16.5. The zero-order valence-corrected chi connectivity index (χ0v) is 23.4. The monoisotopic (exact) mass is 574 g/mol. The highest BCUT2D eigenvalue weighted by Gasteiger charge is 2.42. The van der Waals surface area contributed by atoms with Gasteiger partial charge in [-0.25, -0.2) is 0 Å². The van der Waals surface area contributed by atoms with Crippen LogP contribution in [0.3, 0.4) is 0 Å². The second kappa shape index (κ2) is 8.73. The van der Waals surface area contributed by atoms with Crippen LogP contribution in [0.5, 0.6) is 34.5 Å². The van der Waals surface area contributed by atoms with E-state index in [2.05, 4.69) is 0 Å². The molecule has 7 N–H and O–H groups in total. The molecular weight excluding hydrogens is 544 g/mol. The molecule has 10 nitrogen and oxygen atoms in total. The first kappa shape index (κ1) is 27.6. The van der Waals surface area contributed by atoms with Gasteiger partial charge in [0, 0.05) is 48.1 Å². The van der Waals surface area contributed by atoms with E-state index < -0.39 is 40.0 Å². The Labute approximate surface area is 239 Å². The molecule has 0 bridgehead atoms. The van der Waals surface area contributed by atoms with Crippen LogP contribution in [0.2, 0.25) is 0 Å². The van der Waals surface area contributed by atoms with Crippen LogP contribution in [0, 0.1) is 6.92 Å². The van der Waals surface area contributed by atoms with Crippen LogP contribution in [-0.2, 0) is 12.8 Å². The van der Waals surface area contributed by atoms with E-state index in [0.29, 0.717) is 0 Å². The molecule has 0 saturated heterocycles. The smallest absolute Gasteiger partial charge is 0.169 e. The molecule has 0 heterocycles. The Morgan fingerprint density at radius 2 is 1.14 bits per heavy atom. The molecule has 2 aliphatic carbocycles. The molecule has 0 fully saturated rings. The Morgan fingerprint density at radius 3 is 1.64 bits per heavy atom. The number of aliphatic hydroxyl groups is 2. The van der Waals surface area contributed by atoms with Gasteiger partial charge in [0.2, 0.25) is 0 Å². The SMILES string of the molecule is COc1cc2c(-c3c4c(c(O)c5c(O)cc(O)cc35)C(=O)C[C@@](C)(O)C4)c3c(c(O)c2c(O)c1C)C(=O)C[C@@](C)(O)C3. The van der Waals surface area contributed by atoms with Crippen LogP contribution in [0.1, 0.15) is 64.1 Å². The van der Waals surface area contributed by atoms with Gasteiger partial charge in [-0.15, -0.1) is 0 Å². The molecule has 0 amide bonds. The summed E-state index contributed by atoms with van der Waals surface area (Å²) in [7, 11) is 1.39. The molecule has 2 atom stereocenters. The van der Waals surface area contributed by atoms with Gasteiger partial charge in [-0.2, -0.15) is 0 Å². The molecule has 0 radical (unpaired) electrons. The molecule has 4 aromatic carbocycles. The van der Waals surface area contributed by atoms with Crippen molar-refractivity contribution in [1.29, 1.82) is 0 Å². The third-order valence-corrected chi connectivity index (χ3v) is 8.53. The van der Waals surface area contributed by atoms with Gasteiger partial charge >= 0.3 is 0 Å². The van der Waals surface area contributed by atoms with Crippen molar-refractivity contribution >= 4 is 33.1 Å². The number of ketones is 2. The minimum Gasteiger partial charge on any atom is -0.508 e. The molecular formula is C32H30O10. The van der Waals surface area contributed by atoms with Crippen LogP contribution < -0.4 is 4.74 Å². The van der Waals surface area contributed by atoms with Crippen molar-refractivity contribution in [2.45, 2.75) is 57.7 Å². The largest absolute Gasteiger partial charge is 0.508 e. The summed E-state index contributed by atoms with van der Waals surface area (Å²) < 4.78 is 5.51. The maximum Gasteiger partial charge on any atom is 0.169 e. The van der Waals surface area contributed by atoms with E-state index in [1.54, 1.807) is 13.0 Å². The van der Waals surface area contributed by atoms with E-state index in [1.807, 2.05) is 0 Å². The van der Waals surface area contributed by atoms with Gasteiger partial charge in [-0.05, 0) is 55.2 Å². The number of fused-ring (bicyclic) bond motifs is 4. The summed E-state index contributed by atoms with van der Waals surface area (Å²) in [4.78, 5) is 26.9. The fourth-order valence-electron chi connectivity index (χ4n) is 6.84. The first-order valence-electron chi connectivity index (χ1n) is 13.4. The van der Waals surface area contributed by atoms with Crippen molar-refractivity contribution < 1.29 is 50.1 Å². The summed E-state index contributed by atoms with van der Waals surface area (Å²) in [5.74, 6) is -3.21. The number of Topliss-reactive ketones (excluding diaryl/α,β-unsaturated/α-hetero) is 2. The van der Waals surface area contributed by atoms with Gasteiger partial charge in [0.05, 0.1) is 40.2 Å². The zero-order chi connectivity index (χ0) is 30.6. The van der Waals surface area contributed by atoms with Gasteiger partial charge in [-0.1, -0.05) is 0 Å². The first-order chi connectivity index (χ1) is 19.6. The van der Waals surface area contributed by atoms with E-state index in [1.165, 1.54) is 27.0 Å². The van der Waals surface area contributed by atoms with Gasteiger partial charge in [-0.3, -0.25) is 9.59 Å². The molecule has 0 aromatic heterocycles. The van der Waals surface area contributed by atoms with Crippen LogP contribution >= 0.6 is 0 Å². The maximum absolute atomic E-state index is 13.5. The summed E-state index contributed by atoms with van der Waals surface area (Å²) in [5.41, 5.74) is -2.30. The third-order valence-electron chi connectivity index (χ3n) is 8.53. The first-order valence-corrected chi connectivity index (χ1v) is 13.4. The molecule has 10 heteroatoms. The molecule has 0 saturated carbocycles. The Balaban J connectivity index is 1.96. The number of benzene rings is 4. The quantitative estimate of drug-likeness (QED) is 0.182. The summed E-state index contributed by atoms with van der Waals surface area (Å²) in [6, 6.07) is 3.83. The maximum atomic E-state index is 13.5. The van der Waals surface area contributed by atoms with Crippen molar-refractivity contribution in [3.63, 3.8) is 0 Å². The number of rotatable bonds is 2. The van der Waals surface area contributed by atoms with E-state index in [-0.39, 0.29) is 103 Å². The Hall–Kier alpha value is -4.54. The lowest BCUT2D eigenvalue weighted by atomic mass is 9.71. The summed E-state index contributed by atoms with van der Waals surface area (Å²) in [6.07, 6.45) is -0.889. The Morgan fingerprint density at radius 1 is 0.667 bits per heavy atom. The fourth-order valence-corrected chi connectivity index (χ4v) is 6.84. The second-order valence-electron chi connectivity index (χ2n) is 12.1. The van der Waals surface area contributed by atoms with Crippen LogP contribution in [-0.4, -0.2) is 65.6 Å². The summed E-state index contributed by atoms with van der Waals surface area (Å²) in [5, 5.41) is 77.9. The minimum absolute atomic E-state index is 0.0785. The lowest BCUT2D eigenvalue weighted by molar-refractivity contribution is 0.0393. The number of carbonyl (C=O) groups excluding carboxylic acids is 2. The zero-order valence-electron chi connectivity index (χ0n) is 23.4. The van der Waals surface area contributed by atoms with Crippen molar-refractivity contribution in [2.75, 3.05) is 7.11 Å². The van der Waals surface area contributed by atoms with Crippen molar-refractivity contribution in [1.82, 2.24) is 0 Å². The predicted octanol–water partition coefficient (Wildman–Crippen LogP) is 4.26. The van der Waals surface area contributed by atoms with Gasteiger partial charge in [0.15, 0.2) is 11.6 Å². The lowest BCUT2D eigenvalue weighted by Crippen LogP contribution is -2.37. The Bertz CT molecular complexity index is 1920. The second-order valence-corrected chi connectivity index (χ2v) is 12.1. The predicted molar refractivity (Wildman–Crippen MR) is 153 cm³/mol. The fraction of sp³-hybridized carbons (Fsp3) is 0.312. The Kier molecular flexibility index (Phi) is 5.74.